The number of aryl methyl sites for hydroxylation is 1. The van der Waals surface area contributed by atoms with Crippen molar-refractivity contribution in [2.75, 3.05) is 25.5 Å². The summed E-state index contributed by atoms with van der Waals surface area (Å²) >= 11 is 0. The Morgan fingerprint density at radius 1 is 1.08 bits per heavy atom. The first-order valence-corrected chi connectivity index (χ1v) is 9.64. The molecule has 0 heterocycles. The lowest BCUT2D eigenvalue weighted by Crippen LogP contribution is -2.31. The van der Waals surface area contributed by atoms with Gasteiger partial charge in [-0.2, -0.15) is 0 Å². The summed E-state index contributed by atoms with van der Waals surface area (Å²) in [5, 5.41) is 0. The number of hydrogen-bond donors (Lipinski definition) is 0. The Kier molecular flexibility index (Phi) is 5.83. The van der Waals surface area contributed by atoms with Crippen molar-refractivity contribution in [2.45, 2.75) is 25.7 Å². The Hall–Kier alpha value is -2.25. The van der Waals surface area contributed by atoms with Crippen molar-refractivity contribution in [3.63, 3.8) is 0 Å². The molecule has 2 rings (SSSR count). The van der Waals surface area contributed by atoms with E-state index in [0.29, 0.717) is 23.4 Å². The molecular formula is C19H23FN2O3S. The fourth-order valence-electron chi connectivity index (χ4n) is 2.64. The van der Waals surface area contributed by atoms with Crippen LogP contribution in [0.1, 0.15) is 28.4 Å². The van der Waals surface area contributed by atoms with Crippen molar-refractivity contribution < 1.29 is 17.6 Å². The summed E-state index contributed by atoms with van der Waals surface area (Å²) in [4.78, 5) is 14.6. The zero-order valence-electron chi connectivity index (χ0n) is 15.6. The number of anilines is 1. The van der Waals surface area contributed by atoms with Crippen molar-refractivity contribution in [1.29, 1.82) is 0 Å². The van der Waals surface area contributed by atoms with Crippen molar-refractivity contribution in [3.8, 4) is 0 Å². The predicted octanol–water partition coefficient (Wildman–Crippen LogP) is 3.36. The van der Waals surface area contributed by atoms with E-state index in [2.05, 4.69) is 0 Å². The van der Waals surface area contributed by atoms with Crippen LogP contribution in [0.4, 0.5) is 10.1 Å². The van der Waals surface area contributed by atoms with Gasteiger partial charge in [-0.15, -0.1) is 0 Å². The smallest absolute Gasteiger partial charge is 0.258 e. The molecule has 0 aromatic heterocycles. The molecule has 7 heteroatoms. The van der Waals surface area contributed by atoms with E-state index in [0.717, 1.165) is 4.31 Å². The molecule has 0 fully saturated rings. The maximum absolute atomic E-state index is 13.2. The first-order chi connectivity index (χ1) is 12.1. The fraction of sp³-hybridized carbons (Fsp3) is 0.316. The van der Waals surface area contributed by atoms with E-state index in [4.69, 9.17) is 0 Å². The number of amides is 1. The molecule has 0 spiro atoms. The molecule has 0 saturated heterocycles. The highest BCUT2D eigenvalue weighted by molar-refractivity contribution is 7.89. The molecule has 2 aromatic rings. The van der Waals surface area contributed by atoms with Gasteiger partial charge in [-0.25, -0.2) is 17.1 Å². The summed E-state index contributed by atoms with van der Waals surface area (Å²) in [6.45, 7) is 5.67. The van der Waals surface area contributed by atoms with Gasteiger partial charge in [0.2, 0.25) is 10.0 Å². The summed E-state index contributed by atoms with van der Waals surface area (Å²) in [6, 6.07) is 8.70. The Labute approximate surface area is 154 Å². The van der Waals surface area contributed by atoms with Crippen LogP contribution in [0.25, 0.3) is 0 Å². The number of hydrogen-bond acceptors (Lipinski definition) is 3. The average molecular weight is 378 g/mol. The Bertz CT molecular complexity index is 923. The van der Waals surface area contributed by atoms with Gasteiger partial charge < -0.3 is 4.90 Å². The van der Waals surface area contributed by atoms with Crippen LogP contribution in [0, 0.1) is 19.7 Å². The van der Waals surface area contributed by atoms with E-state index in [-0.39, 0.29) is 22.2 Å². The van der Waals surface area contributed by atoms with E-state index in [1.54, 1.807) is 26.8 Å². The Morgan fingerprint density at radius 2 is 1.65 bits per heavy atom. The lowest BCUT2D eigenvalue weighted by atomic mass is 10.0. The maximum atomic E-state index is 13.2. The monoisotopic (exact) mass is 378 g/mol. The molecule has 5 nitrogen and oxygen atoms in total. The fourth-order valence-corrected chi connectivity index (χ4v) is 3.85. The Balaban J connectivity index is 2.55. The van der Waals surface area contributed by atoms with Crippen LogP contribution in [0.15, 0.2) is 41.3 Å². The van der Waals surface area contributed by atoms with E-state index in [1.807, 2.05) is 0 Å². The quantitative estimate of drug-likeness (QED) is 0.802. The predicted molar refractivity (Wildman–Crippen MR) is 101 cm³/mol. The average Bonchev–Trinajstić information content (AvgIpc) is 2.59. The van der Waals surface area contributed by atoms with Gasteiger partial charge in [0, 0.05) is 31.9 Å². The van der Waals surface area contributed by atoms with E-state index in [9.17, 15) is 17.6 Å². The number of halogens is 1. The number of rotatable bonds is 5. The second-order valence-corrected chi connectivity index (χ2v) is 8.35. The van der Waals surface area contributed by atoms with E-state index >= 15 is 0 Å². The highest BCUT2D eigenvalue weighted by Gasteiger charge is 2.24. The zero-order valence-corrected chi connectivity index (χ0v) is 16.4. The molecule has 2 aromatic carbocycles. The second-order valence-electron chi connectivity index (χ2n) is 6.23. The third-order valence-corrected chi connectivity index (χ3v) is 6.27. The topological polar surface area (TPSA) is 57.7 Å². The van der Waals surface area contributed by atoms with Crippen LogP contribution in [0.3, 0.4) is 0 Å². The van der Waals surface area contributed by atoms with Crippen LogP contribution < -0.4 is 4.90 Å². The lowest BCUT2D eigenvalue weighted by molar-refractivity contribution is 0.0988. The zero-order chi connectivity index (χ0) is 19.6. The van der Waals surface area contributed by atoms with Crippen molar-refractivity contribution >= 4 is 21.6 Å². The van der Waals surface area contributed by atoms with Gasteiger partial charge in [0.1, 0.15) is 5.82 Å². The summed E-state index contributed by atoms with van der Waals surface area (Å²) in [5.41, 5.74) is 2.15. The van der Waals surface area contributed by atoms with Gasteiger partial charge in [-0.3, -0.25) is 4.79 Å². The molecule has 26 heavy (non-hydrogen) atoms. The SMILES string of the molecule is CCN(C(=O)c1cc(C)c(C)c(S(=O)(=O)N(C)C)c1)c1ccc(F)cc1. The standard InChI is InChI=1S/C19H23FN2O3S/c1-6-22(17-9-7-16(20)8-10-17)19(23)15-11-13(2)14(3)18(12-15)26(24,25)21(4)5/h7-12H,6H2,1-5H3. The first kappa shape index (κ1) is 20.1. The minimum absolute atomic E-state index is 0.112. The highest BCUT2D eigenvalue weighted by Crippen LogP contribution is 2.25. The van der Waals surface area contributed by atoms with E-state index in [1.165, 1.54) is 49.3 Å². The van der Waals surface area contributed by atoms with Crippen molar-refractivity contribution in [1.82, 2.24) is 4.31 Å². The van der Waals surface area contributed by atoms with Crippen LogP contribution >= 0.6 is 0 Å². The molecular weight excluding hydrogens is 355 g/mol. The van der Waals surface area contributed by atoms with Gasteiger partial charge in [-0.1, -0.05) is 0 Å². The van der Waals surface area contributed by atoms with Crippen LogP contribution in [-0.4, -0.2) is 39.3 Å². The third kappa shape index (κ3) is 3.78. The van der Waals surface area contributed by atoms with Crippen LogP contribution in [0.2, 0.25) is 0 Å². The highest BCUT2D eigenvalue weighted by atomic mass is 32.2. The molecule has 0 aliphatic carbocycles. The second kappa shape index (κ2) is 7.55. The molecule has 0 atom stereocenters. The maximum Gasteiger partial charge on any atom is 0.258 e. The van der Waals surface area contributed by atoms with Gasteiger partial charge in [0.05, 0.1) is 4.90 Å². The number of carbonyl (C=O) groups excluding carboxylic acids is 1. The number of carbonyl (C=O) groups is 1. The normalized spacial score (nSPS) is 11.7. The molecule has 0 saturated carbocycles. The first-order valence-electron chi connectivity index (χ1n) is 8.20. The molecule has 0 bridgehead atoms. The number of nitrogens with zero attached hydrogens (tertiary/aromatic N) is 2. The van der Waals surface area contributed by atoms with Gasteiger partial charge in [0.15, 0.2) is 0 Å². The lowest BCUT2D eigenvalue weighted by Gasteiger charge is -2.23. The third-order valence-electron chi connectivity index (χ3n) is 4.32. The molecule has 0 aliphatic rings. The summed E-state index contributed by atoms with van der Waals surface area (Å²) in [5.74, 6) is -0.722. The van der Waals surface area contributed by atoms with Crippen molar-refractivity contribution in [3.05, 3.63) is 58.9 Å². The number of sulfonamides is 1. The molecule has 0 radical (unpaired) electrons. The van der Waals surface area contributed by atoms with Crippen LogP contribution in [0.5, 0.6) is 0 Å². The Morgan fingerprint density at radius 3 is 2.15 bits per heavy atom. The van der Waals surface area contributed by atoms with Gasteiger partial charge in [0.25, 0.3) is 5.91 Å². The van der Waals surface area contributed by atoms with Gasteiger partial charge in [-0.05, 0) is 68.3 Å². The van der Waals surface area contributed by atoms with Crippen molar-refractivity contribution in [2.24, 2.45) is 0 Å². The molecule has 0 unspecified atom stereocenters. The number of benzene rings is 2. The molecule has 140 valence electrons. The summed E-state index contributed by atoms with van der Waals surface area (Å²) in [7, 11) is -0.768. The molecule has 0 aliphatic heterocycles. The van der Waals surface area contributed by atoms with Gasteiger partial charge >= 0.3 is 0 Å². The van der Waals surface area contributed by atoms with E-state index < -0.39 is 10.0 Å². The summed E-state index contributed by atoms with van der Waals surface area (Å²) in [6.07, 6.45) is 0. The molecule has 0 N–H and O–H groups in total. The summed E-state index contributed by atoms with van der Waals surface area (Å²) < 4.78 is 39.5. The molecule has 1 amide bonds. The van der Waals surface area contributed by atoms with Crippen LogP contribution in [-0.2, 0) is 10.0 Å². The minimum atomic E-state index is -3.68. The minimum Gasteiger partial charge on any atom is -0.309 e. The largest absolute Gasteiger partial charge is 0.309 e.